The molecule has 1 unspecified atom stereocenters. The van der Waals surface area contributed by atoms with Crippen LogP contribution in [0, 0.1) is 0 Å². The quantitative estimate of drug-likeness (QED) is 0.371. The minimum Gasteiger partial charge on any atom is -0.357 e. The van der Waals surface area contributed by atoms with E-state index >= 15 is 0 Å². The Hall–Kier alpha value is -1.36. The van der Waals surface area contributed by atoms with E-state index in [0.29, 0.717) is 6.54 Å². The SMILES string of the molecule is CCNC(=NCc1ccnn1C)N1CCN(C(C)C(=O)N2CCCC2)CC1.I. The summed E-state index contributed by atoms with van der Waals surface area (Å²) in [5.41, 5.74) is 1.09. The lowest BCUT2D eigenvalue weighted by molar-refractivity contribution is -0.135. The fourth-order valence-corrected chi connectivity index (χ4v) is 3.82. The molecule has 2 aliphatic rings. The van der Waals surface area contributed by atoms with Crippen molar-refractivity contribution in [1.82, 2.24) is 29.8 Å². The first-order valence-electron chi connectivity index (χ1n) is 10.1. The molecular formula is C19H34IN7O. The van der Waals surface area contributed by atoms with Gasteiger partial charge in [0.1, 0.15) is 0 Å². The molecule has 2 aliphatic heterocycles. The van der Waals surface area contributed by atoms with E-state index < -0.39 is 0 Å². The molecule has 2 fully saturated rings. The molecule has 1 amide bonds. The van der Waals surface area contributed by atoms with Crippen LogP contribution in [-0.2, 0) is 18.4 Å². The Labute approximate surface area is 185 Å². The Morgan fingerprint density at radius 1 is 1.18 bits per heavy atom. The summed E-state index contributed by atoms with van der Waals surface area (Å²) in [5, 5.41) is 7.60. The zero-order valence-corrected chi connectivity index (χ0v) is 19.6. The molecule has 1 atom stereocenters. The number of rotatable bonds is 5. The number of hydrogen-bond acceptors (Lipinski definition) is 4. The highest BCUT2D eigenvalue weighted by atomic mass is 127. The number of carbonyl (C=O) groups is 1. The molecule has 0 aliphatic carbocycles. The number of amides is 1. The summed E-state index contributed by atoms with van der Waals surface area (Å²) in [6.07, 6.45) is 4.09. The van der Waals surface area contributed by atoms with E-state index in [2.05, 4.69) is 34.1 Å². The molecule has 2 saturated heterocycles. The van der Waals surface area contributed by atoms with Gasteiger partial charge >= 0.3 is 0 Å². The fourth-order valence-electron chi connectivity index (χ4n) is 3.82. The Morgan fingerprint density at radius 3 is 2.43 bits per heavy atom. The maximum Gasteiger partial charge on any atom is 0.239 e. The third kappa shape index (κ3) is 5.59. The average Bonchev–Trinajstić information content (AvgIpc) is 3.36. The van der Waals surface area contributed by atoms with Gasteiger partial charge in [0.25, 0.3) is 0 Å². The van der Waals surface area contributed by atoms with Crippen LogP contribution in [0.1, 0.15) is 32.4 Å². The van der Waals surface area contributed by atoms with E-state index in [-0.39, 0.29) is 35.9 Å². The van der Waals surface area contributed by atoms with Crippen molar-refractivity contribution < 1.29 is 4.79 Å². The molecule has 9 heteroatoms. The number of likely N-dealkylation sites (tertiary alicyclic amines) is 1. The standard InChI is InChI=1S/C19H33N7O.HI/c1-4-20-19(21-15-17-7-8-22-23(17)3)26-13-11-24(12-14-26)16(2)18(27)25-9-5-6-10-25;/h7-8,16H,4-6,9-15H2,1-3H3,(H,20,21);1H. The topological polar surface area (TPSA) is 69.0 Å². The highest BCUT2D eigenvalue weighted by Gasteiger charge is 2.30. The highest BCUT2D eigenvalue weighted by Crippen LogP contribution is 2.14. The predicted octanol–water partition coefficient (Wildman–Crippen LogP) is 1.13. The average molecular weight is 503 g/mol. The van der Waals surface area contributed by atoms with Crippen molar-refractivity contribution in [2.75, 3.05) is 45.8 Å². The van der Waals surface area contributed by atoms with Crippen LogP contribution in [0.15, 0.2) is 17.3 Å². The van der Waals surface area contributed by atoms with Crippen molar-refractivity contribution in [3.05, 3.63) is 18.0 Å². The molecule has 0 spiro atoms. The number of aromatic nitrogens is 2. The van der Waals surface area contributed by atoms with E-state index in [1.165, 1.54) is 0 Å². The van der Waals surface area contributed by atoms with Gasteiger partial charge in [0, 0.05) is 59.1 Å². The Bertz CT molecular complexity index is 648. The van der Waals surface area contributed by atoms with Gasteiger partial charge in [0.15, 0.2) is 5.96 Å². The van der Waals surface area contributed by atoms with E-state index in [9.17, 15) is 4.79 Å². The third-order valence-corrected chi connectivity index (χ3v) is 5.58. The van der Waals surface area contributed by atoms with Crippen molar-refractivity contribution in [1.29, 1.82) is 0 Å². The van der Waals surface area contributed by atoms with E-state index in [1.54, 1.807) is 6.20 Å². The number of carbonyl (C=O) groups excluding carboxylic acids is 1. The van der Waals surface area contributed by atoms with Gasteiger partial charge in [-0.15, -0.1) is 24.0 Å². The molecular weight excluding hydrogens is 469 g/mol. The second-order valence-corrected chi connectivity index (χ2v) is 7.35. The van der Waals surface area contributed by atoms with Crippen LogP contribution in [0.4, 0.5) is 0 Å². The number of nitrogens with zero attached hydrogens (tertiary/aromatic N) is 6. The summed E-state index contributed by atoms with van der Waals surface area (Å²) < 4.78 is 1.86. The predicted molar refractivity (Wildman–Crippen MR) is 122 cm³/mol. The lowest BCUT2D eigenvalue weighted by Gasteiger charge is -2.39. The highest BCUT2D eigenvalue weighted by molar-refractivity contribution is 14.0. The monoisotopic (exact) mass is 503 g/mol. The summed E-state index contributed by atoms with van der Waals surface area (Å²) >= 11 is 0. The van der Waals surface area contributed by atoms with Crippen LogP contribution in [0.3, 0.4) is 0 Å². The van der Waals surface area contributed by atoms with Crippen molar-refractivity contribution in [3.63, 3.8) is 0 Å². The van der Waals surface area contributed by atoms with Gasteiger partial charge in [-0.1, -0.05) is 0 Å². The van der Waals surface area contributed by atoms with Crippen LogP contribution in [-0.4, -0.2) is 88.2 Å². The lowest BCUT2D eigenvalue weighted by atomic mass is 10.2. The summed E-state index contributed by atoms with van der Waals surface area (Å²) in [6, 6.07) is 1.97. The Morgan fingerprint density at radius 2 is 1.86 bits per heavy atom. The number of nitrogens with one attached hydrogen (secondary N) is 1. The van der Waals surface area contributed by atoms with Gasteiger partial charge in [0.05, 0.1) is 18.3 Å². The van der Waals surface area contributed by atoms with Gasteiger partial charge in [-0.2, -0.15) is 5.10 Å². The molecule has 0 saturated carbocycles. The summed E-state index contributed by atoms with van der Waals surface area (Å²) in [5.74, 6) is 1.23. The van der Waals surface area contributed by atoms with Crippen molar-refractivity contribution in [3.8, 4) is 0 Å². The van der Waals surface area contributed by atoms with Gasteiger partial charge in [-0.05, 0) is 32.8 Å². The summed E-state index contributed by atoms with van der Waals surface area (Å²) in [4.78, 5) is 24.1. The molecule has 0 bridgehead atoms. The molecule has 1 aromatic rings. The van der Waals surface area contributed by atoms with Crippen molar-refractivity contribution >= 4 is 35.8 Å². The van der Waals surface area contributed by atoms with Gasteiger partial charge in [-0.3, -0.25) is 14.4 Å². The molecule has 3 rings (SSSR count). The smallest absolute Gasteiger partial charge is 0.239 e. The molecule has 1 aromatic heterocycles. The number of piperazine rings is 1. The largest absolute Gasteiger partial charge is 0.357 e. The van der Waals surface area contributed by atoms with E-state index in [0.717, 1.165) is 70.3 Å². The lowest BCUT2D eigenvalue weighted by Crippen LogP contribution is -2.57. The van der Waals surface area contributed by atoms with E-state index in [1.807, 2.05) is 22.7 Å². The van der Waals surface area contributed by atoms with Crippen LogP contribution in [0.2, 0.25) is 0 Å². The summed E-state index contributed by atoms with van der Waals surface area (Å²) in [6.45, 7) is 11.0. The molecule has 158 valence electrons. The van der Waals surface area contributed by atoms with Crippen LogP contribution in [0.5, 0.6) is 0 Å². The normalized spacial score (nSPS) is 19.5. The second kappa shape index (κ2) is 11.0. The van der Waals surface area contributed by atoms with Gasteiger partial charge in [-0.25, -0.2) is 4.99 Å². The zero-order valence-electron chi connectivity index (χ0n) is 17.3. The summed E-state index contributed by atoms with van der Waals surface area (Å²) in [7, 11) is 1.94. The molecule has 3 heterocycles. The van der Waals surface area contributed by atoms with Crippen LogP contribution >= 0.6 is 24.0 Å². The third-order valence-electron chi connectivity index (χ3n) is 5.58. The van der Waals surface area contributed by atoms with Crippen molar-refractivity contribution in [2.45, 2.75) is 39.3 Å². The number of aryl methyl sites for hydroxylation is 1. The minimum atomic E-state index is -0.0285. The Balaban J connectivity index is 0.00000280. The number of aliphatic imine (C=N–C) groups is 1. The van der Waals surface area contributed by atoms with E-state index in [4.69, 9.17) is 4.99 Å². The minimum absolute atomic E-state index is 0. The molecule has 8 nitrogen and oxygen atoms in total. The molecule has 28 heavy (non-hydrogen) atoms. The first-order valence-corrected chi connectivity index (χ1v) is 10.1. The van der Waals surface area contributed by atoms with Crippen LogP contribution in [0.25, 0.3) is 0 Å². The maximum absolute atomic E-state index is 12.7. The number of guanidine groups is 1. The number of hydrogen-bond donors (Lipinski definition) is 1. The Kier molecular flexibility index (Phi) is 9.00. The first kappa shape index (κ1) is 22.9. The van der Waals surface area contributed by atoms with Gasteiger partial charge < -0.3 is 15.1 Å². The first-order chi connectivity index (χ1) is 13.1. The molecule has 1 N–H and O–H groups in total. The number of halogens is 1. The van der Waals surface area contributed by atoms with Gasteiger partial charge in [0.2, 0.25) is 5.91 Å². The second-order valence-electron chi connectivity index (χ2n) is 7.35. The van der Waals surface area contributed by atoms with Crippen molar-refractivity contribution in [2.24, 2.45) is 12.0 Å². The zero-order chi connectivity index (χ0) is 19.2. The maximum atomic E-state index is 12.7. The molecule has 0 aromatic carbocycles. The fraction of sp³-hybridized carbons (Fsp3) is 0.737. The molecule has 0 radical (unpaired) electrons. The van der Waals surface area contributed by atoms with Crippen LogP contribution < -0.4 is 5.32 Å².